The first kappa shape index (κ1) is 11.5. The summed E-state index contributed by atoms with van der Waals surface area (Å²) in [6.45, 7) is 8.38. The lowest BCUT2D eigenvalue weighted by Crippen LogP contribution is -2.40. The molecule has 3 heteroatoms. The van der Waals surface area contributed by atoms with Crippen LogP contribution in [0, 0.1) is 5.92 Å². The van der Waals surface area contributed by atoms with E-state index in [9.17, 15) is 4.79 Å². The molecule has 0 spiro atoms. The molecule has 82 valence electrons. The minimum absolute atomic E-state index is 0.0609. The van der Waals surface area contributed by atoms with Crippen LogP contribution in [0.15, 0.2) is 0 Å². The van der Waals surface area contributed by atoms with Crippen molar-refractivity contribution >= 4 is 5.97 Å². The summed E-state index contributed by atoms with van der Waals surface area (Å²) in [5.74, 6) is -0.0146. The van der Waals surface area contributed by atoms with Crippen molar-refractivity contribution in [2.75, 3.05) is 6.61 Å². The summed E-state index contributed by atoms with van der Waals surface area (Å²) in [4.78, 5) is 11.5. The fraction of sp³-hybridized carbons (Fsp3) is 0.909. The Morgan fingerprint density at radius 2 is 1.93 bits per heavy atom. The van der Waals surface area contributed by atoms with Crippen molar-refractivity contribution in [3.05, 3.63) is 0 Å². The molecule has 14 heavy (non-hydrogen) atoms. The first-order valence-electron chi connectivity index (χ1n) is 5.27. The van der Waals surface area contributed by atoms with Gasteiger partial charge in [-0.3, -0.25) is 4.79 Å². The molecule has 0 N–H and O–H groups in total. The van der Waals surface area contributed by atoms with E-state index >= 15 is 0 Å². The van der Waals surface area contributed by atoms with Crippen LogP contribution in [0.3, 0.4) is 0 Å². The first-order valence-corrected chi connectivity index (χ1v) is 5.27. The van der Waals surface area contributed by atoms with Crippen LogP contribution in [0.1, 0.15) is 40.5 Å². The van der Waals surface area contributed by atoms with Crippen molar-refractivity contribution in [2.24, 2.45) is 5.92 Å². The Bertz CT molecular complexity index is 199. The van der Waals surface area contributed by atoms with Crippen LogP contribution in [-0.4, -0.2) is 24.3 Å². The smallest absolute Gasteiger partial charge is 0.309 e. The zero-order valence-electron chi connectivity index (χ0n) is 9.50. The maximum atomic E-state index is 11.5. The number of hydrogen-bond donors (Lipinski definition) is 0. The third-order valence-electron chi connectivity index (χ3n) is 2.24. The summed E-state index contributed by atoms with van der Waals surface area (Å²) >= 11 is 0. The molecule has 0 bridgehead atoms. The second-order valence-corrected chi connectivity index (χ2v) is 4.78. The fourth-order valence-corrected chi connectivity index (χ4v) is 1.51. The highest BCUT2D eigenvalue weighted by molar-refractivity contribution is 5.74. The maximum absolute atomic E-state index is 11.5. The molecule has 1 aliphatic carbocycles. The normalized spacial score (nSPS) is 26.9. The number of hydrogen-bond acceptors (Lipinski definition) is 3. The number of esters is 1. The Balaban J connectivity index is 2.23. The number of carbonyl (C=O) groups is 1. The van der Waals surface area contributed by atoms with Crippen LogP contribution in [0.25, 0.3) is 0 Å². The maximum Gasteiger partial charge on any atom is 0.309 e. The highest BCUT2D eigenvalue weighted by Crippen LogP contribution is 2.32. The van der Waals surface area contributed by atoms with E-state index in [2.05, 4.69) is 0 Å². The molecule has 0 saturated heterocycles. The molecule has 0 heterocycles. The highest BCUT2D eigenvalue weighted by atomic mass is 16.6. The molecular weight excluding hydrogens is 180 g/mol. The van der Waals surface area contributed by atoms with E-state index < -0.39 is 0 Å². The van der Waals surface area contributed by atoms with Gasteiger partial charge in [-0.2, -0.15) is 0 Å². The summed E-state index contributed by atoms with van der Waals surface area (Å²) in [7, 11) is 0. The third-order valence-corrected chi connectivity index (χ3v) is 2.24. The van der Waals surface area contributed by atoms with E-state index in [1.54, 1.807) is 0 Å². The largest absolute Gasteiger partial charge is 0.460 e. The molecular formula is C11H20O3. The van der Waals surface area contributed by atoms with Crippen LogP contribution in [0.5, 0.6) is 0 Å². The predicted molar refractivity (Wildman–Crippen MR) is 54.0 cm³/mol. The second kappa shape index (κ2) is 4.30. The van der Waals surface area contributed by atoms with Gasteiger partial charge in [0.2, 0.25) is 0 Å². The summed E-state index contributed by atoms with van der Waals surface area (Å²) in [6.07, 6.45) is 1.92. The molecule has 0 radical (unpaired) electrons. The van der Waals surface area contributed by atoms with Crippen LogP contribution in [-0.2, 0) is 14.3 Å². The van der Waals surface area contributed by atoms with Crippen molar-refractivity contribution in [3.8, 4) is 0 Å². The zero-order chi connectivity index (χ0) is 10.8. The standard InChI is InChI=1S/C11H20O3/c1-5-13-9-6-8(7-9)10(12)14-11(2,3)4/h8-9H,5-7H2,1-4H3/t8-,9+. The number of ether oxygens (including phenoxy) is 2. The first-order chi connectivity index (χ1) is 6.42. The molecule has 0 aromatic carbocycles. The Labute approximate surface area is 85.8 Å². The van der Waals surface area contributed by atoms with E-state index in [1.165, 1.54) is 0 Å². The van der Waals surface area contributed by atoms with E-state index in [0.717, 1.165) is 19.4 Å². The van der Waals surface area contributed by atoms with Crippen molar-refractivity contribution in [2.45, 2.75) is 52.2 Å². The van der Waals surface area contributed by atoms with Crippen molar-refractivity contribution in [3.63, 3.8) is 0 Å². The van der Waals surface area contributed by atoms with Gasteiger partial charge in [0, 0.05) is 6.61 Å². The lowest BCUT2D eigenvalue weighted by atomic mass is 9.82. The summed E-state index contributed by atoms with van der Waals surface area (Å²) in [6, 6.07) is 0. The number of carbonyl (C=O) groups excluding carboxylic acids is 1. The van der Waals surface area contributed by atoms with Gasteiger partial charge in [0.05, 0.1) is 12.0 Å². The Morgan fingerprint density at radius 1 is 1.36 bits per heavy atom. The minimum Gasteiger partial charge on any atom is -0.460 e. The molecule has 0 unspecified atom stereocenters. The van der Waals surface area contributed by atoms with Gasteiger partial charge < -0.3 is 9.47 Å². The van der Waals surface area contributed by atoms with Gasteiger partial charge in [0.15, 0.2) is 0 Å². The molecule has 0 atom stereocenters. The minimum atomic E-state index is -0.367. The van der Waals surface area contributed by atoms with Crippen LogP contribution >= 0.6 is 0 Å². The van der Waals surface area contributed by atoms with Crippen LogP contribution in [0.4, 0.5) is 0 Å². The van der Waals surface area contributed by atoms with Crippen LogP contribution < -0.4 is 0 Å². The molecule has 1 aliphatic rings. The van der Waals surface area contributed by atoms with Crippen molar-refractivity contribution in [1.29, 1.82) is 0 Å². The molecule has 1 rings (SSSR count). The fourth-order valence-electron chi connectivity index (χ4n) is 1.51. The van der Waals surface area contributed by atoms with Crippen molar-refractivity contribution in [1.82, 2.24) is 0 Å². The van der Waals surface area contributed by atoms with E-state index in [0.29, 0.717) is 0 Å². The zero-order valence-corrected chi connectivity index (χ0v) is 9.50. The van der Waals surface area contributed by atoms with Gasteiger partial charge in [-0.15, -0.1) is 0 Å². The molecule has 3 nitrogen and oxygen atoms in total. The SMILES string of the molecule is CCO[C@H]1C[C@@H](C(=O)OC(C)(C)C)C1. The van der Waals surface area contributed by atoms with Gasteiger partial charge in [-0.1, -0.05) is 0 Å². The second-order valence-electron chi connectivity index (χ2n) is 4.78. The average molecular weight is 200 g/mol. The Hall–Kier alpha value is -0.570. The highest BCUT2D eigenvalue weighted by Gasteiger charge is 2.37. The van der Waals surface area contributed by atoms with E-state index in [1.807, 2.05) is 27.7 Å². The van der Waals surface area contributed by atoms with Gasteiger partial charge in [0.25, 0.3) is 0 Å². The summed E-state index contributed by atoms with van der Waals surface area (Å²) in [5.41, 5.74) is -0.367. The van der Waals surface area contributed by atoms with Gasteiger partial charge >= 0.3 is 5.97 Å². The van der Waals surface area contributed by atoms with Gasteiger partial charge in [0.1, 0.15) is 5.60 Å². The predicted octanol–water partition coefficient (Wildman–Crippen LogP) is 2.14. The quantitative estimate of drug-likeness (QED) is 0.655. The molecule has 0 aromatic rings. The average Bonchev–Trinajstić information content (AvgIpc) is 1.91. The van der Waals surface area contributed by atoms with Crippen molar-refractivity contribution < 1.29 is 14.3 Å². The number of rotatable bonds is 3. The van der Waals surface area contributed by atoms with E-state index in [-0.39, 0.29) is 23.6 Å². The lowest BCUT2D eigenvalue weighted by Gasteiger charge is -2.34. The monoisotopic (exact) mass is 200 g/mol. The topological polar surface area (TPSA) is 35.5 Å². The Kier molecular flexibility index (Phi) is 3.53. The summed E-state index contributed by atoms with van der Waals surface area (Å²) in [5, 5.41) is 0. The summed E-state index contributed by atoms with van der Waals surface area (Å²) < 4.78 is 10.7. The lowest BCUT2D eigenvalue weighted by molar-refractivity contribution is -0.168. The third kappa shape index (κ3) is 3.29. The molecule has 0 aliphatic heterocycles. The van der Waals surface area contributed by atoms with Gasteiger partial charge in [-0.05, 0) is 40.5 Å². The Morgan fingerprint density at radius 3 is 2.36 bits per heavy atom. The van der Waals surface area contributed by atoms with Crippen LogP contribution in [0.2, 0.25) is 0 Å². The molecule has 0 amide bonds. The molecule has 1 saturated carbocycles. The molecule has 0 aromatic heterocycles. The molecule has 1 fully saturated rings. The van der Waals surface area contributed by atoms with E-state index in [4.69, 9.17) is 9.47 Å². The van der Waals surface area contributed by atoms with Gasteiger partial charge in [-0.25, -0.2) is 0 Å².